The number of carbonyl (C=O) groups excluding carboxylic acids is 1. The number of nitrogens with two attached hydrogens (primary N) is 1. The zero-order valence-electron chi connectivity index (χ0n) is 12.3. The summed E-state index contributed by atoms with van der Waals surface area (Å²) in [7, 11) is 0. The Bertz CT molecular complexity index is 389. The Labute approximate surface area is 122 Å². The number of hydrogen-bond donors (Lipinski definition) is 1. The summed E-state index contributed by atoms with van der Waals surface area (Å²) in [5.74, 6) is 0.210. The second-order valence-electron chi connectivity index (χ2n) is 5.00. The van der Waals surface area contributed by atoms with E-state index in [1.807, 2.05) is 35.2 Å². The van der Waals surface area contributed by atoms with Crippen molar-refractivity contribution >= 4 is 5.91 Å². The van der Waals surface area contributed by atoms with Gasteiger partial charge >= 0.3 is 0 Å². The molecule has 0 heterocycles. The summed E-state index contributed by atoms with van der Waals surface area (Å²) in [5.41, 5.74) is 6.62. The predicted molar refractivity (Wildman–Crippen MR) is 84.2 cm³/mol. The number of amides is 1. The van der Waals surface area contributed by atoms with Gasteiger partial charge in [0.15, 0.2) is 0 Å². The van der Waals surface area contributed by atoms with Crippen LogP contribution in [0.3, 0.4) is 0 Å². The first-order chi connectivity index (χ1) is 9.77. The molecule has 3 heteroatoms. The molecular weight excluding hydrogens is 248 g/mol. The van der Waals surface area contributed by atoms with Gasteiger partial charge in [-0.3, -0.25) is 4.79 Å². The Morgan fingerprint density at radius 3 is 2.50 bits per heavy atom. The van der Waals surface area contributed by atoms with Crippen molar-refractivity contribution in [3.63, 3.8) is 0 Å². The maximum absolute atomic E-state index is 12.2. The Hall–Kier alpha value is -1.61. The molecule has 1 aromatic rings. The molecule has 0 aliphatic carbocycles. The molecule has 0 bridgehead atoms. The monoisotopic (exact) mass is 274 g/mol. The van der Waals surface area contributed by atoms with E-state index in [1.165, 1.54) is 0 Å². The van der Waals surface area contributed by atoms with Crippen molar-refractivity contribution in [1.82, 2.24) is 4.90 Å². The van der Waals surface area contributed by atoms with Crippen LogP contribution in [0.2, 0.25) is 0 Å². The van der Waals surface area contributed by atoms with E-state index in [2.05, 4.69) is 6.58 Å². The molecule has 0 spiro atoms. The Morgan fingerprint density at radius 1 is 1.15 bits per heavy atom. The van der Waals surface area contributed by atoms with Gasteiger partial charge in [-0.2, -0.15) is 0 Å². The van der Waals surface area contributed by atoms with Crippen molar-refractivity contribution in [2.24, 2.45) is 5.73 Å². The largest absolute Gasteiger partial charge is 0.335 e. The molecule has 0 unspecified atom stereocenters. The van der Waals surface area contributed by atoms with Crippen LogP contribution < -0.4 is 5.73 Å². The van der Waals surface area contributed by atoms with E-state index in [-0.39, 0.29) is 5.91 Å². The van der Waals surface area contributed by atoms with Crippen LogP contribution in [0.4, 0.5) is 0 Å². The summed E-state index contributed by atoms with van der Waals surface area (Å²) < 4.78 is 0. The van der Waals surface area contributed by atoms with E-state index in [0.717, 1.165) is 37.8 Å². The van der Waals surface area contributed by atoms with Crippen LogP contribution in [-0.4, -0.2) is 23.9 Å². The van der Waals surface area contributed by atoms with Crippen molar-refractivity contribution in [2.75, 3.05) is 13.1 Å². The standard InChI is InChI=1S/C17H26N2O/c1-2-14-19(15-16-10-6-5-7-11-16)17(20)12-8-3-4-9-13-18/h2,5-7,10-11H,1,3-4,8-9,12-15,18H2. The third-order valence-electron chi connectivity index (χ3n) is 3.26. The quantitative estimate of drug-likeness (QED) is 0.526. The minimum atomic E-state index is 0.210. The topological polar surface area (TPSA) is 46.3 Å². The van der Waals surface area contributed by atoms with Gasteiger partial charge in [-0.1, -0.05) is 49.2 Å². The number of hydrogen-bond acceptors (Lipinski definition) is 2. The van der Waals surface area contributed by atoms with Gasteiger partial charge in [-0.05, 0) is 24.9 Å². The molecule has 0 saturated carbocycles. The molecule has 1 aromatic carbocycles. The molecule has 0 aliphatic rings. The van der Waals surface area contributed by atoms with Crippen molar-refractivity contribution in [1.29, 1.82) is 0 Å². The van der Waals surface area contributed by atoms with Gasteiger partial charge in [0.25, 0.3) is 0 Å². The number of rotatable bonds is 10. The van der Waals surface area contributed by atoms with Crippen LogP contribution >= 0.6 is 0 Å². The van der Waals surface area contributed by atoms with Crippen LogP contribution in [-0.2, 0) is 11.3 Å². The zero-order valence-corrected chi connectivity index (χ0v) is 12.3. The molecule has 2 N–H and O–H groups in total. The Morgan fingerprint density at radius 2 is 1.85 bits per heavy atom. The maximum Gasteiger partial charge on any atom is 0.223 e. The van der Waals surface area contributed by atoms with Gasteiger partial charge in [0.05, 0.1) is 0 Å². The lowest BCUT2D eigenvalue weighted by Gasteiger charge is -2.21. The molecule has 20 heavy (non-hydrogen) atoms. The number of carbonyl (C=O) groups is 1. The van der Waals surface area contributed by atoms with E-state index in [0.29, 0.717) is 19.5 Å². The number of unbranched alkanes of at least 4 members (excludes halogenated alkanes) is 3. The highest BCUT2D eigenvalue weighted by Gasteiger charge is 2.11. The molecule has 0 atom stereocenters. The lowest BCUT2D eigenvalue weighted by Crippen LogP contribution is -2.30. The molecule has 0 radical (unpaired) electrons. The summed E-state index contributed by atoms with van der Waals surface area (Å²) in [5, 5.41) is 0. The van der Waals surface area contributed by atoms with Gasteiger partial charge in [-0.15, -0.1) is 6.58 Å². The van der Waals surface area contributed by atoms with Gasteiger partial charge in [0.1, 0.15) is 0 Å². The molecule has 0 aliphatic heterocycles. The van der Waals surface area contributed by atoms with E-state index in [9.17, 15) is 4.79 Å². The summed E-state index contributed by atoms with van der Waals surface area (Å²) in [6.07, 6.45) is 6.59. The van der Waals surface area contributed by atoms with Crippen LogP contribution in [0, 0.1) is 0 Å². The molecule has 3 nitrogen and oxygen atoms in total. The minimum absolute atomic E-state index is 0.210. The van der Waals surface area contributed by atoms with Gasteiger partial charge in [-0.25, -0.2) is 0 Å². The van der Waals surface area contributed by atoms with Gasteiger partial charge in [0, 0.05) is 19.5 Å². The summed E-state index contributed by atoms with van der Waals surface area (Å²) in [4.78, 5) is 14.1. The van der Waals surface area contributed by atoms with Gasteiger partial charge < -0.3 is 10.6 Å². The number of nitrogens with zero attached hydrogens (tertiary/aromatic N) is 1. The molecule has 0 aromatic heterocycles. The van der Waals surface area contributed by atoms with Crippen molar-refractivity contribution < 1.29 is 4.79 Å². The third-order valence-corrected chi connectivity index (χ3v) is 3.26. The minimum Gasteiger partial charge on any atom is -0.335 e. The predicted octanol–water partition coefficient (Wildman–Crippen LogP) is 3.11. The first-order valence-electron chi connectivity index (χ1n) is 7.40. The highest BCUT2D eigenvalue weighted by Crippen LogP contribution is 2.09. The summed E-state index contributed by atoms with van der Waals surface area (Å²) in [6.45, 7) is 5.75. The first kappa shape index (κ1) is 16.4. The molecule has 0 saturated heterocycles. The van der Waals surface area contributed by atoms with Crippen LogP contribution in [0.5, 0.6) is 0 Å². The SMILES string of the molecule is C=CCN(Cc1ccccc1)C(=O)CCCCCCN. The lowest BCUT2D eigenvalue weighted by atomic mass is 10.1. The smallest absolute Gasteiger partial charge is 0.223 e. The fourth-order valence-corrected chi connectivity index (χ4v) is 2.15. The van der Waals surface area contributed by atoms with E-state index >= 15 is 0 Å². The average Bonchev–Trinajstić information content (AvgIpc) is 2.47. The third kappa shape index (κ3) is 6.53. The Balaban J connectivity index is 2.40. The highest BCUT2D eigenvalue weighted by molar-refractivity contribution is 5.76. The fraction of sp³-hybridized carbons (Fsp3) is 0.471. The molecule has 1 amide bonds. The van der Waals surface area contributed by atoms with Crippen LogP contribution in [0.1, 0.15) is 37.7 Å². The molecule has 0 fully saturated rings. The lowest BCUT2D eigenvalue weighted by molar-refractivity contribution is -0.131. The first-order valence-corrected chi connectivity index (χ1v) is 7.40. The van der Waals surface area contributed by atoms with Crippen LogP contribution in [0.15, 0.2) is 43.0 Å². The second-order valence-corrected chi connectivity index (χ2v) is 5.00. The molecule has 110 valence electrons. The Kier molecular flexibility index (Phi) is 8.40. The van der Waals surface area contributed by atoms with Crippen molar-refractivity contribution in [2.45, 2.75) is 38.6 Å². The van der Waals surface area contributed by atoms with E-state index < -0.39 is 0 Å². The van der Waals surface area contributed by atoms with Crippen LogP contribution in [0.25, 0.3) is 0 Å². The van der Waals surface area contributed by atoms with Crippen molar-refractivity contribution in [3.8, 4) is 0 Å². The summed E-state index contributed by atoms with van der Waals surface area (Å²) in [6, 6.07) is 10.1. The van der Waals surface area contributed by atoms with E-state index in [4.69, 9.17) is 5.73 Å². The van der Waals surface area contributed by atoms with Crippen molar-refractivity contribution in [3.05, 3.63) is 48.6 Å². The van der Waals surface area contributed by atoms with E-state index in [1.54, 1.807) is 6.08 Å². The average molecular weight is 274 g/mol. The van der Waals surface area contributed by atoms with Gasteiger partial charge in [0.2, 0.25) is 5.91 Å². The molecular formula is C17H26N2O. The zero-order chi connectivity index (χ0) is 14.6. The second kappa shape index (κ2) is 10.2. The fourth-order valence-electron chi connectivity index (χ4n) is 2.15. The highest BCUT2D eigenvalue weighted by atomic mass is 16.2. The number of benzene rings is 1. The normalized spacial score (nSPS) is 10.2. The maximum atomic E-state index is 12.2. The summed E-state index contributed by atoms with van der Waals surface area (Å²) >= 11 is 0. The molecule has 1 rings (SSSR count).